The molecule has 0 amide bonds. The second-order valence-corrected chi connectivity index (χ2v) is 5.30. The Morgan fingerprint density at radius 2 is 1.12 bits per heavy atom. The molecule has 1 aromatic rings. The molecule has 1 aromatic carbocycles. The van der Waals surface area contributed by atoms with E-state index in [4.69, 9.17) is 19.4 Å². The molecule has 0 aliphatic carbocycles. The number of rotatable bonds is 9. The lowest BCUT2D eigenvalue weighted by atomic mass is 10.1. The first-order chi connectivity index (χ1) is 15.3. The molecule has 0 aromatic heterocycles. The van der Waals surface area contributed by atoms with Crippen LogP contribution in [0.25, 0.3) is 6.08 Å². The summed E-state index contributed by atoms with van der Waals surface area (Å²) < 4.78 is 18.7. The lowest BCUT2D eigenvalue weighted by Crippen LogP contribution is -2.18. The van der Waals surface area contributed by atoms with Crippen LogP contribution in [0.1, 0.15) is 39.7 Å². The van der Waals surface area contributed by atoms with Crippen molar-refractivity contribution in [1.82, 2.24) is 0 Å². The lowest BCUT2D eigenvalue weighted by molar-refractivity contribution is -0.154. The Kier molecular flexibility index (Phi) is 19.6. The summed E-state index contributed by atoms with van der Waals surface area (Å²) in [6.45, 7) is 7.49. The van der Waals surface area contributed by atoms with Gasteiger partial charge in [-0.15, -0.1) is 0 Å². The van der Waals surface area contributed by atoms with Gasteiger partial charge in [-0.2, -0.15) is 0 Å². The van der Waals surface area contributed by atoms with Crippen LogP contribution in [0.4, 0.5) is 0 Å². The van der Waals surface area contributed by atoms with Gasteiger partial charge in [-0.1, -0.05) is 30.3 Å². The smallest absolute Gasteiger partial charge is 0.345 e. The summed E-state index contributed by atoms with van der Waals surface area (Å²) in [4.78, 5) is 52.9. The van der Waals surface area contributed by atoms with Crippen LogP contribution >= 0.6 is 0 Å². The Labute approximate surface area is 187 Å². The van der Waals surface area contributed by atoms with Crippen LogP contribution in [0.2, 0.25) is 0 Å². The van der Waals surface area contributed by atoms with Crippen molar-refractivity contribution in [2.45, 2.75) is 34.1 Å². The predicted octanol–water partition coefficient (Wildman–Crippen LogP) is 2.40. The molecular weight excluding hydrogens is 424 g/mol. The quantitative estimate of drug-likeness (QED) is 0.147. The molecule has 0 unspecified atom stereocenters. The van der Waals surface area contributed by atoms with Crippen molar-refractivity contribution in [3.05, 3.63) is 41.5 Å². The molecule has 0 atom stereocenters. The van der Waals surface area contributed by atoms with Crippen LogP contribution in [0.3, 0.4) is 0 Å². The van der Waals surface area contributed by atoms with Crippen molar-refractivity contribution in [3.63, 3.8) is 0 Å². The third-order valence-electron chi connectivity index (χ3n) is 3.00. The zero-order chi connectivity index (χ0) is 24.8. The highest BCUT2D eigenvalue weighted by Crippen LogP contribution is 2.10. The Bertz CT molecular complexity index is 689. The first kappa shape index (κ1) is 30.5. The van der Waals surface area contributed by atoms with E-state index in [1.165, 1.54) is 6.08 Å². The molecule has 0 saturated carbocycles. The standard InChI is InChI=1S/C14H16O4.C7H12O4.CH2O2/c1-3-17-13(15)12(14(16)18-4-2)10-11-8-6-5-7-9-11;1-3-10-6(8)5-7(9)11-4-2;2-1-3/h5-10H,3-4H2,1-2H3;3-5H2,1-2H3;1H,(H,2,3). The van der Waals surface area contributed by atoms with Gasteiger partial charge in [-0.05, 0) is 39.3 Å². The molecule has 0 spiro atoms. The van der Waals surface area contributed by atoms with Crippen LogP contribution in [0.15, 0.2) is 35.9 Å². The van der Waals surface area contributed by atoms with Gasteiger partial charge < -0.3 is 24.1 Å². The molecule has 32 heavy (non-hydrogen) atoms. The van der Waals surface area contributed by atoms with E-state index in [9.17, 15) is 19.2 Å². The summed E-state index contributed by atoms with van der Waals surface area (Å²) in [6, 6.07) is 9.07. The van der Waals surface area contributed by atoms with Crippen LogP contribution in [0, 0.1) is 0 Å². The number of carbonyl (C=O) groups is 5. The van der Waals surface area contributed by atoms with Gasteiger partial charge in [0, 0.05) is 0 Å². The molecule has 0 aliphatic rings. The lowest BCUT2D eigenvalue weighted by Gasteiger charge is -2.06. The molecule has 10 heteroatoms. The first-order valence-corrected chi connectivity index (χ1v) is 9.81. The summed E-state index contributed by atoms with van der Waals surface area (Å²) in [5.41, 5.74) is 0.651. The fourth-order valence-electron chi connectivity index (χ4n) is 1.88. The van der Waals surface area contributed by atoms with E-state index >= 15 is 0 Å². The molecule has 1 N–H and O–H groups in total. The highest BCUT2D eigenvalue weighted by Gasteiger charge is 2.20. The average Bonchev–Trinajstić information content (AvgIpc) is 2.74. The molecule has 0 heterocycles. The molecule has 0 radical (unpaired) electrons. The maximum Gasteiger partial charge on any atom is 0.345 e. The minimum Gasteiger partial charge on any atom is -0.483 e. The number of hydrogen-bond acceptors (Lipinski definition) is 9. The van der Waals surface area contributed by atoms with Crippen molar-refractivity contribution in [2.24, 2.45) is 0 Å². The fourth-order valence-corrected chi connectivity index (χ4v) is 1.88. The van der Waals surface area contributed by atoms with Crippen LogP contribution < -0.4 is 0 Å². The topological polar surface area (TPSA) is 142 Å². The average molecular weight is 454 g/mol. The largest absolute Gasteiger partial charge is 0.483 e. The number of carbonyl (C=O) groups excluding carboxylic acids is 4. The maximum absolute atomic E-state index is 11.7. The van der Waals surface area contributed by atoms with Crippen molar-refractivity contribution in [2.75, 3.05) is 26.4 Å². The highest BCUT2D eigenvalue weighted by atomic mass is 16.6. The molecular formula is C22H30O10. The first-order valence-electron chi connectivity index (χ1n) is 9.81. The third-order valence-corrected chi connectivity index (χ3v) is 3.00. The summed E-state index contributed by atoms with van der Waals surface area (Å²) in [5.74, 6) is -2.41. The second-order valence-electron chi connectivity index (χ2n) is 5.30. The third kappa shape index (κ3) is 16.1. The normalized spacial score (nSPS) is 8.75. The van der Waals surface area contributed by atoms with Crippen molar-refractivity contribution in [1.29, 1.82) is 0 Å². The van der Waals surface area contributed by atoms with E-state index in [1.807, 2.05) is 18.2 Å². The van der Waals surface area contributed by atoms with E-state index in [2.05, 4.69) is 9.47 Å². The second kappa shape index (κ2) is 20.6. The van der Waals surface area contributed by atoms with Crippen LogP contribution in [0.5, 0.6) is 0 Å². The van der Waals surface area contributed by atoms with Gasteiger partial charge in [0.1, 0.15) is 12.0 Å². The summed E-state index contributed by atoms with van der Waals surface area (Å²) in [7, 11) is 0. The Balaban J connectivity index is 0. The van der Waals surface area contributed by atoms with E-state index in [-0.39, 0.29) is 44.9 Å². The van der Waals surface area contributed by atoms with Gasteiger partial charge in [-0.3, -0.25) is 14.4 Å². The van der Waals surface area contributed by atoms with Gasteiger partial charge in [0.2, 0.25) is 0 Å². The van der Waals surface area contributed by atoms with Gasteiger partial charge in [-0.25, -0.2) is 9.59 Å². The van der Waals surface area contributed by atoms with E-state index < -0.39 is 23.9 Å². The molecule has 1 rings (SSSR count). The van der Waals surface area contributed by atoms with Crippen molar-refractivity contribution >= 4 is 36.4 Å². The Morgan fingerprint density at radius 3 is 1.47 bits per heavy atom. The van der Waals surface area contributed by atoms with E-state index in [0.717, 1.165) is 5.56 Å². The minimum atomic E-state index is -0.667. The predicted molar refractivity (Wildman–Crippen MR) is 114 cm³/mol. The van der Waals surface area contributed by atoms with Gasteiger partial charge in [0.05, 0.1) is 26.4 Å². The molecule has 0 bridgehead atoms. The number of benzene rings is 1. The number of hydrogen-bond donors (Lipinski definition) is 1. The molecule has 10 nitrogen and oxygen atoms in total. The van der Waals surface area contributed by atoms with E-state index in [0.29, 0.717) is 0 Å². The van der Waals surface area contributed by atoms with Gasteiger partial charge in [0.15, 0.2) is 0 Å². The molecule has 178 valence electrons. The number of carboxylic acid groups (broad SMARTS) is 1. The number of ether oxygens (including phenoxy) is 4. The summed E-state index contributed by atoms with van der Waals surface area (Å²) in [5, 5.41) is 6.89. The van der Waals surface area contributed by atoms with Gasteiger partial charge in [0.25, 0.3) is 6.47 Å². The monoisotopic (exact) mass is 454 g/mol. The minimum absolute atomic E-state index is 0.0927. The summed E-state index contributed by atoms with van der Waals surface area (Å²) in [6.07, 6.45) is 1.18. The Morgan fingerprint density at radius 1 is 0.750 bits per heavy atom. The number of esters is 4. The maximum atomic E-state index is 11.7. The molecule has 0 saturated heterocycles. The molecule has 0 aliphatic heterocycles. The van der Waals surface area contributed by atoms with Crippen molar-refractivity contribution in [3.8, 4) is 0 Å². The van der Waals surface area contributed by atoms with Crippen LogP contribution in [-0.4, -0.2) is 61.9 Å². The SMILES string of the molecule is CCOC(=O)C(=Cc1ccccc1)C(=O)OCC.CCOC(=O)CC(=O)OCC.O=CO. The highest BCUT2D eigenvalue weighted by molar-refractivity contribution is 6.17. The van der Waals surface area contributed by atoms with Crippen molar-refractivity contribution < 1.29 is 48.0 Å². The zero-order valence-electron chi connectivity index (χ0n) is 18.7. The zero-order valence-corrected chi connectivity index (χ0v) is 18.7. The molecule has 0 fully saturated rings. The van der Waals surface area contributed by atoms with E-state index in [1.54, 1.807) is 39.8 Å². The summed E-state index contributed by atoms with van der Waals surface area (Å²) >= 11 is 0. The van der Waals surface area contributed by atoms with Gasteiger partial charge >= 0.3 is 23.9 Å². The Hall–Kier alpha value is -3.69. The fraction of sp³-hybridized carbons (Fsp3) is 0.409. The van der Waals surface area contributed by atoms with Crippen LogP contribution in [-0.2, 0) is 42.9 Å².